The van der Waals surface area contributed by atoms with E-state index in [-0.39, 0.29) is 11.0 Å². The van der Waals surface area contributed by atoms with Gasteiger partial charge < -0.3 is 5.32 Å². The molecule has 2 aromatic heterocycles. The van der Waals surface area contributed by atoms with Gasteiger partial charge in [0.1, 0.15) is 11.3 Å². The molecule has 0 spiro atoms. The topological polar surface area (TPSA) is 55.6 Å². The van der Waals surface area contributed by atoms with Gasteiger partial charge in [-0.3, -0.25) is 4.68 Å². The number of fused-ring (bicyclic) bond motifs is 1. The molecule has 0 unspecified atom stereocenters. The molecule has 5 nitrogen and oxygen atoms in total. The predicted molar refractivity (Wildman–Crippen MR) is 85.4 cm³/mol. The molecule has 2 heterocycles. The van der Waals surface area contributed by atoms with Crippen molar-refractivity contribution in [2.75, 3.05) is 5.32 Å². The summed E-state index contributed by atoms with van der Waals surface area (Å²) >= 11 is 11.7. The van der Waals surface area contributed by atoms with Crippen molar-refractivity contribution in [2.24, 2.45) is 7.05 Å². The molecule has 0 aliphatic rings. The van der Waals surface area contributed by atoms with E-state index < -0.39 is 5.82 Å². The van der Waals surface area contributed by atoms with Gasteiger partial charge in [0.25, 0.3) is 0 Å². The van der Waals surface area contributed by atoms with E-state index in [9.17, 15) is 4.39 Å². The molecule has 8 heteroatoms. The van der Waals surface area contributed by atoms with Crippen molar-refractivity contribution in [2.45, 2.75) is 13.3 Å². The molecule has 1 N–H and O–H groups in total. The molecule has 0 aliphatic carbocycles. The highest BCUT2D eigenvalue weighted by Gasteiger charge is 2.16. The summed E-state index contributed by atoms with van der Waals surface area (Å²) in [6.07, 6.45) is 0.745. The Morgan fingerprint density at radius 1 is 1.23 bits per heavy atom. The predicted octanol–water partition coefficient (Wildman–Crippen LogP) is 4.12. The zero-order valence-corrected chi connectivity index (χ0v) is 13.4. The van der Waals surface area contributed by atoms with E-state index in [1.54, 1.807) is 10.7 Å². The molecular weight excluding hydrogens is 328 g/mol. The van der Waals surface area contributed by atoms with Crippen molar-refractivity contribution in [3.63, 3.8) is 0 Å². The Labute approximate surface area is 136 Å². The minimum Gasteiger partial charge on any atom is -0.336 e. The number of hydrogen-bond acceptors (Lipinski definition) is 4. The van der Waals surface area contributed by atoms with Crippen LogP contribution in [-0.4, -0.2) is 19.7 Å². The van der Waals surface area contributed by atoms with E-state index in [0.29, 0.717) is 21.9 Å². The summed E-state index contributed by atoms with van der Waals surface area (Å²) in [5.74, 6) is -0.131. The second-order valence-electron chi connectivity index (χ2n) is 4.71. The fourth-order valence-corrected chi connectivity index (χ4v) is 2.62. The summed E-state index contributed by atoms with van der Waals surface area (Å²) in [6, 6.07) is 4.34. The fraction of sp³-hybridized carbons (Fsp3) is 0.214. The van der Waals surface area contributed by atoms with E-state index in [2.05, 4.69) is 20.4 Å². The normalized spacial score (nSPS) is 11.1. The molecule has 0 bridgehead atoms. The zero-order valence-electron chi connectivity index (χ0n) is 11.9. The molecule has 114 valence electrons. The van der Waals surface area contributed by atoms with Gasteiger partial charge in [0.05, 0.1) is 11.4 Å². The SMILES string of the molecule is CCc1c2nc(Cl)nc(Nc3ccc(Cl)cc3F)c2nn1C. The molecule has 0 saturated heterocycles. The average molecular weight is 340 g/mol. The Morgan fingerprint density at radius 3 is 2.68 bits per heavy atom. The molecule has 3 aromatic rings. The average Bonchev–Trinajstić information content (AvgIpc) is 2.77. The fourth-order valence-electron chi connectivity index (χ4n) is 2.29. The maximum Gasteiger partial charge on any atom is 0.225 e. The first-order chi connectivity index (χ1) is 10.5. The van der Waals surface area contributed by atoms with Gasteiger partial charge in [-0.1, -0.05) is 18.5 Å². The zero-order chi connectivity index (χ0) is 15.9. The van der Waals surface area contributed by atoms with Gasteiger partial charge in [0.15, 0.2) is 11.3 Å². The van der Waals surface area contributed by atoms with Crippen LogP contribution in [0.3, 0.4) is 0 Å². The van der Waals surface area contributed by atoms with Gasteiger partial charge in [-0.15, -0.1) is 0 Å². The standard InChI is InChI=1S/C14H12Cl2FN5/c1-3-10-11-12(21-22(10)2)13(20-14(16)19-11)18-9-5-4-7(15)6-8(9)17/h4-6H,3H2,1-2H3,(H,18,19,20). The lowest BCUT2D eigenvalue weighted by molar-refractivity contribution is 0.632. The third kappa shape index (κ3) is 2.60. The maximum atomic E-state index is 13.9. The Balaban J connectivity index is 2.14. The molecule has 3 rings (SSSR count). The number of anilines is 2. The van der Waals surface area contributed by atoms with Gasteiger partial charge in [-0.05, 0) is 36.2 Å². The van der Waals surface area contributed by atoms with Crippen LogP contribution in [-0.2, 0) is 13.5 Å². The lowest BCUT2D eigenvalue weighted by Gasteiger charge is -2.07. The lowest BCUT2D eigenvalue weighted by atomic mass is 10.2. The Morgan fingerprint density at radius 2 is 2.00 bits per heavy atom. The molecule has 0 fully saturated rings. The summed E-state index contributed by atoms with van der Waals surface area (Å²) in [6.45, 7) is 2.00. The molecule has 0 aliphatic heterocycles. The van der Waals surface area contributed by atoms with Crippen LogP contribution in [0, 0.1) is 5.82 Å². The number of halogens is 3. The smallest absolute Gasteiger partial charge is 0.225 e. The molecule has 22 heavy (non-hydrogen) atoms. The van der Waals surface area contributed by atoms with Crippen molar-refractivity contribution in [3.05, 3.63) is 40.0 Å². The summed E-state index contributed by atoms with van der Waals surface area (Å²) in [5, 5.41) is 7.69. The van der Waals surface area contributed by atoms with Crippen LogP contribution in [0.15, 0.2) is 18.2 Å². The second-order valence-corrected chi connectivity index (χ2v) is 5.49. The highest BCUT2D eigenvalue weighted by molar-refractivity contribution is 6.30. The number of benzene rings is 1. The number of aryl methyl sites for hydroxylation is 2. The molecule has 0 atom stereocenters. The summed E-state index contributed by atoms with van der Waals surface area (Å²) in [5.41, 5.74) is 2.36. The quantitative estimate of drug-likeness (QED) is 0.729. The van der Waals surface area contributed by atoms with Crippen LogP contribution < -0.4 is 5.32 Å². The van der Waals surface area contributed by atoms with Gasteiger partial charge in [-0.2, -0.15) is 10.1 Å². The highest BCUT2D eigenvalue weighted by Crippen LogP contribution is 2.28. The minimum atomic E-state index is -0.484. The van der Waals surface area contributed by atoms with E-state index in [0.717, 1.165) is 12.1 Å². The Bertz CT molecular complexity index is 862. The van der Waals surface area contributed by atoms with Crippen molar-refractivity contribution < 1.29 is 4.39 Å². The summed E-state index contributed by atoms with van der Waals surface area (Å²) < 4.78 is 15.7. The second kappa shape index (κ2) is 5.70. The first-order valence-electron chi connectivity index (χ1n) is 6.60. The monoisotopic (exact) mass is 339 g/mol. The molecular formula is C14H12Cl2FN5. The first-order valence-corrected chi connectivity index (χ1v) is 7.36. The van der Waals surface area contributed by atoms with Gasteiger partial charge in [0.2, 0.25) is 5.28 Å². The minimum absolute atomic E-state index is 0.0760. The molecule has 1 aromatic carbocycles. The third-order valence-corrected chi connectivity index (χ3v) is 3.69. The number of hydrogen-bond donors (Lipinski definition) is 1. The number of nitrogens with one attached hydrogen (secondary N) is 1. The first kappa shape index (κ1) is 15.0. The van der Waals surface area contributed by atoms with Crippen LogP contribution in [0.1, 0.15) is 12.6 Å². The largest absolute Gasteiger partial charge is 0.336 e. The van der Waals surface area contributed by atoms with Crippen molar-refractivity contribution >= 4 is 45.7 Å². The highest BCUT2D eigenvalue weighted by atomic mass is 35.5. The van der Waals surface area contributed by atoms with E-state index >= 15 is 0 Å². The van der Waals surface area contributed by atoms with Crippen molar-refractivity contribution in [1.29, 1.82) is 0 Å². The van der Waals surface area contributed by atoms with Gasteiger partial charge in [-0.25, -0.2) is 9.37 Å². The molecule has 0 amide bonds. The van der Waals surface area contributed by atoms with Crippen LogP contribution in [0.2, 0.25) is 10.3 Å². The van der Waals surface area contributed by atoms with Crippen LogP contribution in [0.4, 0.5) is 15.9 Å². The van der Waals surface area contributed by atoms with E-state index in [1.165, 1.54) is 12.1 Å². The van der Waals surface area contributed by atoms with E-state index in [1.807, 2.05) is 14.0 Å². The van der Waals surface area contributed by atoms with Gasteiger partial charge in [0, 0.05) is 12.1 Å². The number of rotatable bonds is 3. The Hall–Kier alpha value is -1.92. The van der Waals surface area contributed by atoms with E-state index in [4.69, 9.17) is 23.2 Å². The number of nitrogens with zero attached hydrogens (tertiary/aromatic N) is 4. The summed E-state index contributed by atoms with van der Waals surface area (Å²) in [7, 11) is 1.82. The number of aromatic nitrogens is 4. The van der Waals surface area contributed by atoms with Crippen LogP contribution >= 0.6 is 23.2 Å². The lowest BCUT2D eigenvalue weighted by Crippen LogP contribution is -1.99. The third-order valence-electron chi connectivity index (χ3n) is 3.29. The van der Waals surface area contributed by atoms with Crippen molar-refractivity contribution in [1.82, 2.24) is 19.7 Å². The molecule has 0 radical (unpaired) electrons. The summed E-state index contributed by atoms with van der Waals surface area (Å²) in [4.78, 5) is 8.34. The van der Waals surface area contributed by atoms with Crippen LogP contribution in [0.25, 0.3) is 11.0 Å². The Kier molecular flexibility index (Phi) is 3.88. The van der Waals surface area contributed by atoms with Crippen molar-refractivity contribution in [3.8, 4) is 0 Å². The van der Waals surface area contributed by atoms with Crippen LogP contribution in [0.5, 0.6) is 0 Å². The van der Waals surface area contributed by atoms with Gasteiger partial charge >= 0.3 is 0 Å². The molecule has 0 saturated carbocycles. The maximum absolute atomic E-state index is 13.9.